The summed E-state index contributed by atoms with van der Waals surface area (Å²) in [5.74, 6) is 0. The van der Waals surface area contributed by atoms with Crippen molar-refractivity contribution >= 4 is 15.8 Å². The zero-order chi connectivity index (χ0) is 11.6. The van der Waals surface area contributed by atoms with Crippen molar-refractivity contribution in [3.05, 3.63) is 35.9 Å². The van der Waals surface area contributed by atoms with E-state index in [-0.39, 0.29) is 0 Å². The average molecular weight is 241 g/mol. The predicted molar refractivity (Wildman–Crippen MR) is 58.4 cm³/mol. The molecule has 0 aromatic heterocycles. The first-order valence-corrected chi connectivity index (χ1v) is 6.52. The molecule has 0 amide bonds. The van der Waals surface area contributed by atoms with Gasteiger partial charge in [-0.1, -0.05) is 35.5 Å². The summed E-state index contributed by atoms with van der Waals surface area (Å²) in [6.45, 7) is 0. The quantitative estimate of drug-likeness (QED) is 0.744. The molecular formula is C10H11NO4S. The maximum absolute atomic E-state index is 10.9. The molecule has 0 bridgehead atoms. The van der Waals surface area contributed by atoms with Gasteiger partial charge in [-0.05, 0) is 5.56 Å². The minimum absolute atomic E-state index is 0.330. The van der Waals surface area contributed by atoms with Crippen LogP contribution in [0.15, 0.2) is 35.5 Å². The fourth-order valence-corrected chi connectivity index (χ4v) is 1.90. The van der Waals surface area contributed by atoms with E-state index in [4.69, 9.17) is 4.84 Å². The molecule has 1 aliphatic heterocycles. The van der Waals surface area contributed by atoms with Gasteiger partial charge < -0.3 is 4.84 Å². The second-order valence-corrected chi connectivity index (χ2v) is 5.04. The lowest BCUT2D eigenvalue weighted by molar-refractivity contribution is -0.0522. The van der Waals surface area contributed by atoms with Crippen molar-refractivity contribution in [3.8, 4) is 0 Å². The summed E-state index contributed by atoms with van der Waals surface area (Å²) >= 11 is 0. The van der Waals surface area contributed by atoms with Gasteiger partial charge in [-0.25, -0.2) is 4.18 Å². The predicted octanol–water partition coefficient (Wildman–Crippen LogP) is 1.11. The smallest absolute Gasteiger partial charge is 0.267 e. The molecule has 5 nitrogen and oxygen atoms in total. The largest absolute Gasteiger partial charge is 0.362 e. The van der Waals surface area contributed by atoms with Crippen LogP contribution in [0.1, 0.15) is 12.0 Å². The molecule has 1 atom stereocenters. The first-order valence-electron chi connectivity index (χ1n) is 4.71. The molecule has 0 radical (unpaired) electrons. The van der Waals surface area contributed by atoms with E-state index in [1.165, 1.54) is 0 Å². The van der Waals surface area contributed by atoms with Crippen LogP contribution in [0.5, 0.6) is 0 Å². The molecule has 1 aromatic rings. The Morgan fingerprint density at radius 2 is 2.06 bits per heavy atom. The van der Waals surface area contributed by atoms with Crippen LogP contribution in [0.25, 0.3) is 0 Å². The Kier molecular flexibility index (Phi) is 2.93. The van der Waals surface area contributed by atoms with Gasteiger partial charge in [-0.3, -0.25) is 0 Å². The van der Waals surface area contributed by atoms with Crippen LogP contribution in [-0.2, 0) is 19.1 Å². The lowest BCUT2D eigenvalue weighted by atomic mass is 10.1. The van der Waals surface area contributed by atoms with Crippen molar-refractivity contribution in [2.45, 2.75) is 12.7 Å². The molecular weight excluding hydrogens is 230 g/mol. The van der Waals surface area contributed by atoms with E-state index in [1.807, 2.05) is 30.3 Å². The fraction of sp³-hybridized carbons (Fsp3) is 0.300. The van der Waals surface area contributed by atoms with Crippen LogP contribution in [0, 0.1) is 0 Å². The molecule has 0 saturated carbocycles. The van der Waals surface area contributed by atoms with Crippen LogP contribution in [0.4, 0.5) is 0 Å². The molecule has 1 aromatic carbocycles. The van der Waals surface area contributed by atoms with Gasteiger partial charge >= 0.3 is 0 Å². The number of rotatable bonds is 3. The van der Waals surface area contributed by atoms with Crippen LogP contribution in [0.3, 0.4) is 0 Å². The monoisotopic (exact) mass is 241 g/mol. The molecule has 86 valence electrons. The van der Waals surface area contributed by atoms with Gasteiger partial charge in [0.2, 0.25) is 6.29 Å². The number of hydrogen-bond donors (Lipinski definition) is 0. The number of nitrogens with zero attached hydrogens (tertiary/aromatic N) is 1. The molecule has 1 heterocycles. The van der Waals surface area contributed by atoms with E-state index in [9.17, 15) is 8.42 Å². The van der Waals surface area contributed by atoms with Crippen LogP contribution in [0.2, 0.25) is 0 Å². The first kappa shape index (κ1) is 11.1. The highest BCUT2D eigenvalue weighted by molar-refractivity contribution is 7.86. The molecule has 0 fully saturated rings. The van der Waals surface area contributed by atoms with E-state index in [0.717, 1.165) is 11.8 Å². The topological polar surface area (TPSA) is 65.0 Å². The highest BCUT2D eigenvalue weighted by atomic mass is 32.2. The normalized spacial score (nSPS) is 20.3. The maximum Gasteiger partial charge on any atom is 0.267 e. The first-order chi connectivity index (χ1) is 7.54. The van der Waals surface area contributed by atoms with Gasteiger partial charge in [-0.15, -0.1) is 0 Å². The molecule has 0 N–H and O–H groups in total. The van der Waals surface area contributed by atoms with Crippen molar-refractivity contribution < 1.29 is 17.4 Å². The average Bonchev–Trinajstić information content (AvgIpc) is 2.65. The van der Waals surface area contributed by atoms with Crippen molar-refractivity contribution in [2.75, 3.05) is 6.26 Å². The Morgan fingerprint density at radius 3 is 2.69 bits per heavy atom. The molecule has 1 unspecified atom stereocenters. The van der Waals surface area contributed by atoms with Crippen molar-refractivity contribution in [2.24, 2.45) is 5.16 Å². The standard InChI is InChI=1S/C10H11NO4S/c1-16(12,13)15-10-7-9(11-14-10)8-5-3-2-4-6-8/h2-6,10H,7H2,1H3. The zero-order valence-corrected chi connectivity index (χ0v) is 9.48. The third-order valence-electron chi connectivity index (χ3n) is 2.03. The van der Waals surface area contributed by atoms with Gasteiger partial charge in [0.25, 0.3) is 10.1 Å². The summed E-state index contributed by atoms with van der Waals surface area (Å²) < 4.78 is 26.4. The maximum atomic E-state index is 10.9. The molecule has 6 heteroatoms. The Labute approximate surface area is 93.8 Å². The molecule has 0 spiro atoms. The van der Waals surface area contributed by atoms with Crippen LogP contribution < -0.4 is 0 Å². The zero-order valence-electron chi connectivity index (χ0n) is 8.66. The lowest BCUT2D eigenvalue weighted by Gasteiger charge is -2.06. The third kappa shape index (κ3) is 2.80. The van der Waals surface area contributed by atoms with Crippen LogP contribution >= 0.6 is 0 Å². The minimum atomic E-state index is -3.51. The summed E-state index contributed by atoms with van der Waals surface area (Å²) in [6, 6.07) is 9.41. The summed E-state index contributed by atoms with van der Waals surface area (Å²) in [7, 11) is -3.51. The van der Waals surface area contributed by atoms with Gasteiger partial charge in [0.1, 0.15) is 0 Å². The highest BCUT2D eigenvalue weighted by Gasteiger charge is 2.25. The Morgan fingerprint density at radius 1 is 1.38 bits per heavy atom. The second kappa shape index (κ2) is 4.23. The summed E-state index contributed by atoms with van der Waals surface area (Å²) in [6.07, 6.45) is 0.471. The Bertz CT molecular complexity index is 495. The Balaban J connectivity index is 2.03. The molecule has 0 saturated heterocycles. The van der Waals surface area contributed by atoms with Crippen molar-refractivity contribution in [3.63, 3.8) is 0 Å². The fourth-order valence-electron chi connectivity index (χ4n) is 1.40. The second-order valence-electron chi connectivity index (χ2n) is 3.44. The minimum Gasteiger partial charge on any atom is -0.362 e. The summed E-state index contributed by atoms with van der Waals surface area (Å²) in [5, 5.41) is 3.80. The van der Waals surface area contributed by atoms with E-state index in [0.29, 0.717) is 12.1 Å². The molecule has 16 heavy (non-hydrogen) atoms. The Hall–Kier alpha value is -1.40. The molecule has 0 aliphatic carbocycles. The van der Waals surface area contributed by atoms with Gasteiger partial charge in [0, 0.05) is 0 Å². The summed E-state index contributed by atoms with van der Waals surface area (Å²) in [4.78, 5) is 4.88. The highest BCUT2D eigenvalue weighted by Crippen LogP contribution is 2.18. The van der Waals surface area contributed by atoms with Gasteiger partial charge in [-0.2, -0.15) is 8.42 Å². The third-order valence-corrected chi connectivity index (χ3v) is 2.59. The summed E-state index contributed by atoms with van der Waals surface area (Å²) in [5.41, 5.74) is 1.59. The lowest BCUT2D eigenvalue weighted by Crippen LogP contribution is -2.17. The van der Waals surface area contributed by atoms with Gasteiger partial charge in [0.15, 0.2) is 0 Å². The molecule has 2 rings (SSSR count). The number of hydrogen-bond acceptors (Lipinski definition) is 5. The van der Waals surface area contributed by atoms with Crippen LogP contribution in [-0.4, -0.2) is 26.7 Å². The van der Waals surface area contributed by atoms with E-state index < -0.39 is 16.4 Å². The molecule has 1 aliphatic rings. The van der Waals surface area contributed by atoms with E-state index >= 15 is 0 Å². The number of oxime groups is 1. The van der Waals surface area contributed by atoms with Gasteiger partial charge in [0.05, 0.1) is 18.4 Å². The number of benzene rings is 1. The SMILES string of the molecule is CS(=O)(=O)OC1CC(c2ccccc2)=NO1. The van der Waals surface area contributed by atoms with Crippen molar-refractivity contribution in [1.29, 1.82) is 0 Å². The van der Waals surface area contributed by atoms with Crippen molar-refractivity contribution in [1.82, 2.24) is 0 Å². The van der Waals surface area contributed by atoms with E-state index in [2.05, 4.69) is 9.34 Å². The van der Waals surface area contributed by atoms with E-state index in [1.54, 1.807) is 0 Å².